The molecule has 0 spiro atoms. The van der Waals surface area contributed by atoms with Gasteiger partial charge < -0.3 is 19.4 Å². The van der Waals surface area contributed by atoms with E-state index in [1.54, 1.807) is 24.1 Å². The van der Waals surface area contributed by atoms with Crippen LogP contribution in [0.15, 0.2) is 66.7 Å². The van der Waals surface area contributed by atoms with Gasteiger partial charge in [-0.3, -0.25) is 9.59 Å². The van der Waals surface area contributed by atoms with E-state index in [-0.39, 0.29) is 24.4 Å². The Labute approximate surface area is 218 Å². The molecular weight excluding hydrogens is 466 g/mol. The van der Waals surface area contributed by atoms with Crippen LogP contribution in [0.2, 0.25) is 0 Å². The Balaban J connectivity index is 1.38. The molecule has 1 saturated heterocycles. The van der Waals surface area contributed by atoms with Crippen molar-refractivity contribution in [3.63, 3.8) is 0 Å². The summed E-state index contributed by atoms with van der Waals surface area (Å²) in [5, 5.41) is 8.88. The van der Waals surface area contributed by atoms with Gasteiger partial charge in [0.2, 0.25) is 5.91 Å². The summed E-state index contributed by atoms with van der Waals surface area (Å²) in [6.45, 7) is 6.79. The lowest BCUT2D eigenvalue weighted by molar-refractivity contribution is -0.132. The molecule has 37 heavy (non-hydrogen) atoms. The normalized spacial score (nSPS) is 14.6. The highest BCUT2D eigenvalue weighted by Gasteiger charge is 2.27. The zero-order valence-electron chi connectivity index (χ0n) is 21.8. The Kier molecular flexibility index (Phi) is 8.72. The van der Waals surface area contributed by atoms with E-state index in [1.165, 1.54) is 0 Å². The number of carbonyl (C=O) groups is 2. The first-order valence-corrected chi connectivity index (χ1v) is 12.9. The summed E-state index contributed by atoms with van der Waals surface area (Å²) in [6, 6.07) is 20.8. The van der Waals surface area contributed by atoms with Crippen molar-refractivity contribution in [1.82, 2.24) is 20.0 Å². The van der Waals surface area contributed by atoms with Crippen LogP contribution in [0.3, 0.4) is 0 Å². The number of hydrogen-bond donors (Lipinski definition) is 0. The van der Waals surface area contributed by atoms with Gasteiger partial charge in [-0.25, -0.2) is 0 Å². The molecule has 4 rings (SSSR count). The van der Waals surface area contributed by atoms with E-state index in [0.717, 1.165) is 42.2 Å². The number of amides is 2. The van der Waals surface area contributed by atoms with Crippen molar-refractivity contribution in [2.75, 3.05) is 44.7 Å². The minimum atomic E-state index is -0.105. The number of methoxy groups -OCH3 is 1. The molecule has 2 heterocycles. The van der Waals surface area contributed by atoms with Crippen LogP contribution >= 0.6 is 0 Å². The highest BCUT2D eigenvalue weighted by molar-refractivity contribution is 5.96. The zero-order valence-corrected chi connectivity index (χ0v) is 21.8. The summed E-state index contributed by atoms with van der Waals surface area (Å²) < 4.78 is 5.22. The second-order valence-corrected chi connectivity index (χ2v) is 9.28. The minimum Gasteiger partial charge on any atom is -0.497 e. The molecule has 0 saturated carbocycles. The van der Waals surface area contributed by atoms with E-state index in [9.17, 15) is 9.59 Å². The van der Waals surface area contributed by atoms with Crippen molar-refractivity contribution in [3.05, 3.63) is 72.3 Å². The Bertz CT molecular complexity index is 1170. The number of aromatic nitrogens is 2. The van der Waals surface area contributed by atoms with E-state index >= 15 is 0 Å². The highest BCUT2D eigenvalue weighted by atomic mass is 16.5. The number of ether oxygens (including phenoxy) is 1. The van der Waals surface area contributed by atoms with Gasteiger partial charge in [0.15, 0.2) is 5.82 Å². The third-order valence-electron chi connectivity index (χ3n) is 6.92. The summed E-state index contributed by atoms with van der Waals surface area (Å²) in [7, 11) is 1.64. The van der Waals surface area contributed by atoms with E-state index < -0.39 is 0 Å². The highest BCUT2D eigenvalue weighted by Crippen LogP contribution is 2.22. The average Bonchev–Trinajstić information content (AvgIpc) is 3.22. The van der Waals surface area contributed by atoms with Gasteiger partial charge in [-0.05, 0) is 68.3 Å². The van der Waals surface area contributed by atoms with E-state index in [2.05, 4.69) is 15.1 Å². The molecule has 8 heteroatoms. The molecule has 1 aliphatic heterocycles. The molecule has 1 fully saturated rings. The van der Waals surface area contributed by atoms with Gasteiger partial charge in [-0.1, -0.05) is 25.1 Å². The lowest BCUT2D eigenvalue weighted by atomic mass is 10.1. The van der Waals surface area contributed by atoms with Gasteiger partial charge in [-0.15, -0.1) is 10.2 Å². The molecule has 2 amide bonds. The summed E-state index contributed by atoms with van der Waals surface area (Å²) in [5.41, 5.74) is 2.38. The molecular formula is C29H35N5O3. The van der Waals surface area contributed by atoms with Gasteiger partial charge in [0.25, 0.3) is 5.91 Å². The monoisotopic (exact) mass is 501 g/mol. The van der Waals surface area contributed by atoms with Crippen molar-refractivity contribution in [2.45, 2.75) is 32.7 Å². The van der Waals surface area contributed by atoms with Gasteiger partial charge in [0.05, 0.1) is 12.8 Å². The first kappa shape index (κ1) is 26.1. The van der Waals surface area contributed by atoms with Gasteiger partial charge in [0, 0.05) is 43.3 Å². The largest absolute Gasteiger partial charge is 0.497 e. The Morgan fingerprint density at radius 1 is 0.946 bits per heavy atom. The Hall–Kier alpha value is -3.94. The predicted molar refractivity (Wildman–Crippen MR) is 145 cm³/mol. The number of benzene rings is 2. The van der Waals surface area contributed by atoms with Crippen LogP contribution in [-0.4, -0.2) is 77.7 Å². The number of rotatable bonds is 8. The third-order valence-corrected chi connectivity index (χ3v) is 6.92. The summed E-state index contributed by atoms with van der Waals surface area (Å²) >= 11 is 0. The second-order valence-electron chi connectivity index (χ2n) is 9.28. The third kappa shape index (κ3) is 6.44. The maximum absolute atomic E-state index is 13.3. The molecule has 0 bridgehead atoms. The maximum Gasteiger partial charge on any atom is 0.254 e. The Morgan fingerprint density at radius 3 is 2.35 bits per heavy atom. The number of anilines is 1. The van der Waals surface area contributed by atoms with E-state index in [4.69, 9.17) is 4.74 Å². The molecule has 3 aromatic rings. The number of nitrogens with zero attached hydrogens (tertiary/aromatic N) is 5. The van der Waals surface area contributed by atoms with Crippen LogP contribution in [-0.2, 0) is 4.79 Å². The standard InChI is InChI=1S/C29H35N5O3/c1-4-22(2)34(29(36)24-9-6-5-7-10-24)21-28(35)33-18-8-17-32(19-20-33)27-16-15-26(30-31-27)23-11-13-25(37-3)14-12-23/h5-7,9-16,22H,4,8,17-21H2,1-3H3/t22-/m1/s1. The van der Waals surface area contributed by atoms with Gasteiger partial charge in [-0.2, -0.15) is 0 Å². The van der Waals surface area contributed by atoms with Crippen LogP contribution in [0.4, 0.5) is 5.82 Å². The first-order chi connectivity index (χ1) is 18.0. The molecule has 1 atom stereocenters. The summed E-state index contributed by atoms with van der Waals surface area (Å²) in [5.74, 6) is 1.47. The van der Waals surface area contributed by atoms with Crippen molar-refractivity contribution in [3.8, 4) is 17.0 Å². The molecule has 1 aromatic heterocycles. The molecule has 0 unspecified atom stereocenters. The topological polar surface area (TPSA) is 78.9 Å². The van der Waals surface area contributed by atoms with Crippen molar-refractivity contribution in [1.29, 1.82) is 0 Å². The molecule has 0 aliphatic carbocycles. The quantitative estimate of drug-likeness (QED) is 0.462. The minimum absolute atomic E-state index is 0.0210. The van der Waals surface area contributed by atoms with Crippen LogP contribution in [0.5, 0.6) is 5.75 Å². The van der Waals surface area contributed by atoms with E-state index in [1.807, 2.05) is 73.3 Å². The molecule has 1 aliphatic rings. The van der Waals surface area contributed by atoms with E-state index in [0.29, 0.717) is 25.2 Å². The lowest BCUT2D eigenvalue weighted by Crippen LogP contribution is -2.47. The van der Waals surface area contributed by atoms with Gasteiger partial charge in [0.1, 0.15) is 12.3 Å². The Morgan fingerprint density at radius 2 is 1.70 bits per heavy atom. The molecule has 0 radical (unpaired) electrons. The molecule has 2 aromatic carbocycles. The van der Waals surface area contributed by atoms with Crippen LogP contribution < -0.4 is 9.64 Å². The molecule has 8 nitrogen and oxygen atoms in total. The van der Waals surface area contributed by atoms with Crippen molar-refractivity contribution < 1.29 is 14.3 Å². The maximum atomic E-state index is 13.3. The van der Waals surface area contributed by atoms with Crippen LogP contribution in [0.25, 0.3) is 11.3 Å². The number of carbonyl (C=O) groups excluding carboxylic acids is 2. The average molecular weight is 502 g/mol. The molecule has 194 valence electrons. The molecule has 0 N–H and O–H groups in total. The second kappa shape index (κ2) is 12.3. The summed E-state index contributed by atoms with van der Waals surface area (Å²) in [4.78, 5) is 32.2. The fourth-order valence-corrected chi connectivity index (χ4v) is 4.45. The smallest absolute Gasteiger partial charge is 0.254 e. The van der Waals surface area contributed by atoms with Crippen molar-refractivity contribution >= 4 is 17.6 Å². The van der Waals surface area contributed by atoms with Crippen LogP contribution in [0.1, 0.15) is 37.0 Å². The first-order valence-electron chi connectivity index (χ1n) is 12.9. The van der Waals surface area contributed by atoms with Gasteiger partial charge >= 0.3 is 0 Å². The fourth-order valence-electron chi connectivity index (χ4n) is 4.45. The zero-order chi connectivity index (χ0) is 26.2. The van der Waals surface area contributed by atoms with Crippen LogP contribution in [0, 0.1) is 0 Å². The number of hydrogen-bond acceptors (Lipinski definition) is 6. The summed E-state index contributed by atoms with van der Waals surface area (Å²) in [6.07, 6.45) is 1.61. The fraction of sp³-hybridized carbons (Fsp3) is 0.379. The lowest BCUT2D eigenvalue weighted by Gasteiger charge is -2.31. The van der Waals surface area contributed by atoms with Crippen molar-refractivity contribution in [2.24, 2.45) is 0 Å². The SMILES string of the molecule is CC[C@@H](C)N(CC(=O)N1CCCN(c2ccc(-c3ccc(OC)cc3)nn2)CC1)C(=O)c1ccccc1. The predicted octanol–water partition coefficient (Wildman–Crippen LogP) is 4.13.